The molecular formula is C21H28N4O3S2. The SMILES string of the molecule is CC(=O)N1CC[C@H]2CC[C@@H](CN(Cc3cncs3)Cc3ccccc31)N2S(C)(=O)=O. The summed E-state index contributed by atoms with van der Waals surface area (Å²) in [4.78, 5) is 21.9. The fourth-order valence-electron chi connectivity index (χ4n) is 4.82. The lowest BCUT2D eigenvalue weighted by atomic mass is 10.1. The molecule has 4 rings (SSSR count). The van der Waals surface area contributed by atoms with Crippen molar-refractivity contribution in [2.24, 2.45) is 0 Å². The number of para-hydroxylation sites is 1. The molecule has 1 fully saturated rings. The lowest BCUT2D eigenvalue weighted by Crippen LogP contribution is -2.46. The van der Waals surface area contributed by atoms with Gasteiger partial charge in [-0.3, -0.25) is 14.7 Å². The number of amides is 1. The molecule has 3 heterocycles. The van der Waals surface area contributed by atoms with Crippen molar-refractivity contribution in [3.8, 4) is 0 Å². The largest absolute Gasteiger partial charge is 0.312 e. The smallest absolute Gasteiger partial charge is 0.223 e. The van der Waals surface area contributed by atoms with Crippen molar-refractivity contribution < 1.29 is 13.2 Å². The average molecular weight is 449 g/mol. The van der Waals surface area contributed by atoms with E-state index in [1.807, 2.05) is 29.9 Å². The van der Waals surface area contributed by atoms with Crippen molar-refractivity contribution in [1.29, 1.82) is 0 Å². The van der Waals surface area contributed by atoms with Crippen LogP contribution in [-0.2, 0) is 27.9 Å². The highest BCUT2D eigenvalue weighted by Crippen LogP contribution is 2.33. The van der Waals surface area contributed by atoms with Gasteiger partial charge in [-0.1, -0.05) is 18.2 Å². The standard InChI is InChI=1S/C21H28N4O3S2/c1-16(26)24-10-9-18-7-8-19(25(18)30(2,27)28)13-23(14-20-11-22-15-29-20)12-17-5-3-4-6-21(17)24/h3-6,11,15,18-19H,7-10,12-14H2,1-2H3/t18-,19+/m1/s1. The minimum atomic E-state index is -3.34. The van der Waals surface area contributed by atoms with E-state index in [-0.39, 0.29) is 18.0 Å². The minimum absolute atomic E-state index is 0.0174. The number of anilines is 1. The predicted octanol–water partition coefficient (Wildman–Crippen LogP) is 2.69. The summed E-state index contributed by atoms with van der Waals surface area (Å²) in [5.74, 6) is -0.0174. The van der Waals surface area contributed by atoms with Crippen molar-refractivity contribution in [3.05, 3.63) is 46.4 Å². The molecule has 2 aromatic rings. The van der Waals surface area contributed by atoms with Gasteiger partial charge in [0, 0.05) is 61.9 Å². The van der Waals surface area contributed by atoms with Gasteiger partial charge in [0.05, 0.1) is 11.8 Å². The fraction of sp³-hybridized carbons (Fsp3) is 0.524. The molecule has 0 radical (unpaired) electrons. The van der Waals surface area contributed by atoms with E-state index in [1.165, 1.54) is 6.26 Å². The van der Waals surface area contributed by atoms with Crippen LogP contribution in [0.5, 0.6) is 0 Å². The topological polar surface area (TPSA) is 73.8 Å². The monoisotopic (exact) mass is 448 g/mol. The van der Waals surface area contributed by atoms with Gasteiger partial charge in [-0.25, -0.2) is 8.42 Å². The van der Waals surface area contributed by atoms with Gasteiger partial charge < -0.3 is 4.90 Å². The number of hydrogen-bond acceptors (Lipinski definition) is 6. The molecule has 0 saturated carbocycles. The molecule has 0 aliphatic carbocycles. The number of sulfonamides is 1. The van der Waals surface area contributed by atoms with Crippen molar-refractivity contribution in [2.45, 2.75) is 51.4 Å². The normalized spacial score (nSPS) is 23.7. The number of carbonyl (C=O) groups excluding carboxylic acids is 1. The molecule has 7 nitrogen and oxygen atoms in total. The Morgan fingerprint density at radius 2 is 1.97 bits per heavy atom. The van der Waals surface area contributed by atoms with Gasteiger partial charge in [0.2, 0.25) is 15.9 Å². The van der Waals surface area contributed by atoms with Crippen LogP contribution in [0.15, 0.2) is 36.0 Å². The Labute approximate surface area is 182 Å². The summed E-state index contributed by atoms with van der Waals surface area (Å²) in [6.45, 7) is 4.12. The Morgan fingerprint density at radius 1 is 1.20 bits per heavy atom. The van der Waals surface area contributed by atoms with Gasteiger partial charge >= 0.3 is 0 Å². The maximum Gasteiger partial charge on any atom is 0.223 e. The number of fused-ring (bicyclic) bond motifs is 3. The van der Waals surface area contributed by atoms with Crippen LogP contribution in [0.2, 0.25) is 0 Å². The maximum atomic E-state index is 12.7. The fourth-order valence-corrected chi connectivity index (χ4v) is 6.92. The Kier molecular flexibility index (Phi) is 6.24. The highest BCUT2D eigenvalue weighted by atomic mass is 32.2. The van der Waals surface area contributed by atoms with E-state index in [4.69, 9.17) is 0 Å². The molecule has 2 aliphatic rings. The third kappa shape index (κ3) is 4.59. The first-order valence-corrected chi connectivity index (χ1v) is 13.0. The summed E-state index contributed by atoms with van der Waals surface area (Å²) in [5, 5.41) is 0. The molecule has 0 spiro atoms. The van der Waals surface area contributed by atoms with E-state index >= 15 is 0 Å². The van der Waals surface area contributed by atoms with Crippen LogP contribution < -0.4 is 4.90 Å². The molecule has 1 saturated heterocycles. The van der Waals surface area contributed by atoms with Crippen molar-refractivity contribution in [3.63, 3.8) is 0 Å². The number of carbonyl (C=O) groups is 1. The van der Waals surface area contributed by atoms with Crippen LogP contribution in [0, 0.1) is 0 Å². The van der Waals surface area contributed by atoms with Crippen LogP contribution in [0.3, 0.4) is 0 Å². The molecule has 0 N–H and O–H groups in total. The lowest BCUT2D eigenvalue weighted by molar-refractivity contribution is -0.116. The number of hydrogen-bond donors (Lipinski definition) is 0. The molecule has 1 amide bonds. The summed E-state index contributed by atoms with van der Waals surface area (Å²) < 4.78 is 27.1. The lowest BCUT2D eigenvalue weighted by Gasteiger charge is -2.31. The molecule has 162 valence electrons. The summed E-state index contributed by atoms with van der Waals surface area (Å²) in [6.07, 6.45) is 5.50. The first kappa shape index (κ1) is 21.4. The van der Waals surface area contributed by atoms with E-state index < -0.39 is 10.0 Å². The van der Waals surface area contributed by atoms with Crippen LogP contribution in [-0.4, -0.2) is 59.9 Å². The zero-order valence-electron chi connectivity index (χ0n) is 17.4. The number of aromatic nitrogens is 1. The third-order valence-corrected chi connectivity index (χ3v) is 8.14. The van der Waals surface area contributed by atoms with Crippen LogP contribution in [0.4, 0.5) is 5.69 Å². The molecule has 1 aromatic carbocycles. The molecule has 2 aliphatic heterocycles. The van der Waals surface area contributed by atoms with Gasteiger partial charge in [0.15, 0.2) is 0 Å². The first-order valence-electron chi connectivity index (χ1n) is 10.3. The van der Waals surface area contributed by atoms with Crippen molar-refractivity contribution in [1.82, 2.24) is 14.2 Å². The molecule has 2 bridgehead atoms. The molecule has 0 unspecified atom stereocenters. The molecule has 30 heavy (non-hydrogen) atoms. The highest BCUT2D eigenvalue weighted by molar-refractivity contribution is 7.88. The van der Waals surface area contributed by atoms with E-state index in [0.29, 0.717) is 32.6 Å². The molecular weight excluding hydrogens is 420 g/mol. The second-order valence-electron chi connectivity index (χ2n) is 8.20. The summed E-state index contributed by atoms with van der Waals surface area (Å²) in [7, 11) is -3.34. The van der Waals surface area contributed by atoms with E-state index in [0.717, 1.165) is 29.0 Å². The Hall–Kier alpha value is -1.81. The van der Waals surface area contributed by atoms with Gasteiger partial charge in [0.1, 0.15) is 0 Å². The highest BCUT2D eigenvalue weighted by Gasteiger charge is 2.40. The van der Waals surface area contributed by atoms with Crippen LogP contribution in [0.25, 0.3) is 0 Å². The second-order valence-corrected chi connectivity index (χ2v) is 11.1. The van der Waals surface area contributed by atoms with E-state index in [1.54, 1.807) is 27.5 Å². The summed E-state index contributed by atoms with van der Waals surface area (Å²) >= 11 is 1.61. The second kappa shape index (κ2) is 8.74. The number of nitrogens with zero attached hydrogens (tertiary/aromatic N) is 4. The third-order valence-electron chi connectivity index (χ3n) is 6.01. The molecule has 2 atom stereocenters. The Morgan fingerprint density at radius 3 is 2.67 bits per heavy atom. The van der Waals surface area contributed by atoms with Gasteiger partial charge in [-0.2, -0.15) is 4.31 Å². The summed E-state index contributed by atoms with van der Waals surface area (Å²) in [6, 6.07) is 7.89. The summed E-state index contributed by atoms with van der Waals surface area (Å²) in [5.41, 5.74) is 3.82. The quantitative estimate of drug-likeness (QED) is 0.722. The van der Waals surface area contributed by atoms with Crippen molar-refractivity contribution in [2.75, 3.05) is 24.2 Å². The van der Waals surface area contributed by atoms with E-state index in [2.05, 4.69) is 16.0 Å². The molecule has 1 aromatic heterocycles. The first-order chi connectivity index (χ1) is 14.3. The van der Waals surface area contributed by atoms with Gasteiger partial charge in [-0.15, -0.1) is 11.3 Å². The van der Waals surface area contributed by atoms with Gasteiger partial charge in [-0.05, 0) is 30.9 Å². The number of thiazole rings is 1. The predicted molar refractivity (Wildman–Crippen MR) is 119 cm³/mol. The maximum absolute atomic E-state index is 12.7. The minimum Gasteiger partial charge on any atom is -0.312 e. The molecule has 9 heteroatoms. The average Bonchev–Trinajstić information content (AvgIpc) is 3.31. The van der Waals surface area contributed by atoms with Crippen LogP contribution in [0.1, 0.15) is 36.6 Å². The number of rotatable bonds is 3. The van der Waals surface area contributed by atoms with Crippen LogP contribution >= 0.6 is 11.3 Å². The van der Waals surface area contributed by atoms with E-state index in [9.17, 15) is 13.2 Å². The van der Waals surface area contributed by atoms with Gasteiger partial charge in [0.25, 0.3) is 0 Å². The zero-order chi connectivity index (χ0) is 21.3. The Bertz CT molecular complexity index is 993. The Balaban J connectivity index is 1.75. The number of benzene rings is 1. The zero-order valence-corrected chi connectivity index (χ0v) is 19.0. The van der Waals surface area contributed by atoms with Crippen molar-refractivity contribution >= 4 is 33.0 Å².